The fourth-order valence-corrected chi connectivity index (χ4v) is 2.71. The van der Waals surface area contributed by atoms with Crippen LogP contribution in [0.25, 0.3) is 0 Å². The van der Waals surface area contributed by atoms with Gasteiger partial charge in [-0.15, -0.1) is 11.3 Å². The first kappa shape index (κ1) is 13.2. The first-order valence-electron chi connectivity index (χ1n) is 4.63. The SMILES string of the molecule is O=C(Cn1cc(Br)c([N+](=O)[O-])n1)c1ccc(Cl)s1. The van der Waals surface area contributed by atoms with Gasteiger partial charge in [0, 0.05) is 0 Å². The van der Waals surface area contributed by atoms with Crippen LogP contribution >= 0.6 is 38.9 Å². The van der Waals surface area contributed by atoms with Crippen LogP contribution in [0.1, 0.15) is 9.67 Å². The van der Waals surface area contributed by atoms with Crippen molar-refractivity contribution in [1.29, 1.82) is 0 Å². The monoisotopic (exact) mass is 349 g/mol. The van der Waals surface area contributed by atoms with Gasteiger partial charge in [-0.25, -0.2) is 0 Å². The molecule has 0 aliphatic carbocycles. The summed E-state index contributed by atoms with van der Waals surface area (Å²) in [7, 11) is 0. The molecule has 0 saturated heterocycles. The number of aromatic nitrogens is 2. The summed E-state index contributed by atoms with van der Waals surface area (Å²) < 4.78 is 1.98. The van der Waals surface area contributed by atoms with E-state index in [0.29, 0.717) is 9.21 Å². The summed E-state index contributed by atoms with van der Waals surface area (Å²) in [5.74, 6) is -0.510. The fourth-order valence-electron chi connectivity index (χ4n) is 1.28. The van der Waals surface area contributed by atoms with Gasteiger partial charge in [0.25, 0.3) is 0 Å². The summed E-state index contributed by atoms with van der Waals surface area (Å²) in [4.78, 5) is 22.3. The third-order valence-corrected chi connectivity index (χ3v) is 3.86. The van der Waals surface area contributed by atoms with E-state index in [0.717, 1.165) is 11.3 Å². The molecule has 0 aromatic carbocycles. The van der Waals surface area contributed by atoms with Crippen molar-refractivity contribution < 1.29 is 9.72 Å². The molecule has 0 atom stereocenters. The number of carbonyl (C=O) groups excluding carboxylic acids is 1. The highest BCUT2D eigenvalue weighted by molar-refractivity contribution is 9.10. The maximum Gasteiger partial charge on any atom is 0.404 e. The van der Waals surface area contributed by atoms with E-state index < -0.39 is 4.92 Å². The van der Waals surface area contributed by atoms with Gasteiger partial charge < -0.3 is 10.1 Å². The number of thiophene rings is 1. The molecule has 0 spiro atoms. The van der Waals surface area contributed by atoms with Gasteiger partial charge in [0.15, 0.2) is 5.78 Å². The average molecular weight is 351 g/mol. The topological polar surface area (TPSA) is 78.0 Å². The fraction of sp³-hybridized carbons (Fsp3) is 0.111. The summed E-state index contributed by atoms with van der Waals surface area (Å²) in [6.07, 6.45) is 1.39. The number of halogens is 2. The van der Waals surface area contributed by atoms with Gasteiger partial charge >= 0.3 is 5.82 Å². The lowest BCUT2D eigenvalue weighted by molar-refractivity contribution is -0.390. The van der Waals surface area contributed by atoms with Crippen LogP contribution in [0.15, 0.2) is 22.8 Å². The van der Waals surface area contributed by atoms with E-state index in [1.807, 2.05) is 0 Å². The second kappa shape index (κ2) is 5.17. The molecular weight excluding hydrogens is 346 g/mol. The van der Waals surface area contributed by atoms with Gasteiger partial charge in [-0.1, -0.05) is 11.6 Å². The Bertz CT molecular complexity index is 624. The van der Waals surface area contributed by atoms with E-state index in [-0.39, 0.29) is 22.6 Å². The molecule has 0 aliphatic rings. The largest absolute Gasteiger partial charge is 0.404 e. The van der Waals surface area contributed by atoms with Crippen molar-refractivity contribution in [2.75, 3.05) is 0 Å². The zero-order valence-electron chi connectivity index (χ0n) is 8.67. The molecule has 2 heterocycles. The molecule has 0 radical (unpaired) electrons. The highest BCUT2D eigenvalue weighted by Crippen LogP contribution is 2.24. The van der Waals surface area contributed by atoms with Crippen LogP contribution in [-0.2, 0) is 6.54 Å². The van der Waals surface area contributed by atoms with Crippen LogP contribution in [0, 0.1) is 10.1 Å². The molecule has 0 amide bonds. The number of carbonyl (C=O) groups is 1. The number of rotatable bonds is 4. The molecule has 0 aliphatic heterocycles. The molecule has 0 unspecified atom stereocenters. The Hall–Kier alpha value is -1.25. The molecule has 2 rings (SSSR count). The molecule has 0 bridgehead atoms. The van der Waals surface area contributed by atoms with Crippen molar-refractivity contribution in [3.63, 3.8) is 0 Å². The van der Waals surface area contributed by atoms with Crippen molar-refractivity contribution in [2.45, 2.75) is 6.54 Å². The van der Waals surface area contributed by atoms with Crippen LogP contribution in [0.2, 0.25) is 4.34 Å². The summed E-state index contributed by atoms with van der Waals surface area (Å²) in [5, 5.41) is 14.3. The second-order valence-corrected chi connectivity index (χ2v) is 5.85. The Morgan fingerprint density at radius 1 is 1.61 bits per heavy atom. The highest BCUT2D eigenvalue weighted by Gasteiger charge is 2.20. The number of hydrogen-bond acceptors (Lipinski definition) is 5. The van der Waals surface area contributed by atoms with Gasteiger partial charge in [0.1, 0.15) is 11.0 Å². The van der Waals surface area contributed by atoms with Crippen molar-refractivity contribution in [3.05, 3.63) is 42.1 Å². The van der Waals surface area contributed by atoms with E-state index in [2.05, 4.69) is 21.0 Å². The van der Waals surface area contributed by atoms with Crippen LogP contribution in [0.5, 0.6) is 0 Å². The average Bonchev–Trinajstić information content (AvgIpc) is 2.85. The van der Waals surface area contributed by atoms with Crippen molar-refractivity contribution >= 4 is 50.5 Å². The summed E-state index contributed by atoms with van der Waals surface area (Å²) >= 11 is 9.90. The van der Waals surface area contributed by atoms with Crippen LogP contribution in [0.4, 0.5) is 5.82 Å². The smallest absolute Gasteiger partial charge is 0.358 e. The van der Waals surface area contributed by atoms with Crippen molar-refractivity contribution in [2.24, 2.45) is 0 Å². The lowest BCUT2D eigenvalue weighted by atomic mass is 10.3. The molecular formula is C9H5BrClN3O3S. The third-order valence-electron chi connectivity index (χ3n) is 2.03. The first-order chi connectivity index (χ1) is 8.47. The van der Waals surface area contributed by atoms with Gasteiger partial charge in [0.2, 0.25) is 0 Å². The minimum atomic E-state index is -0.618. The Morgan fingerprint density at radius 3 is 2.83 bits per heavy atom. The zero-order valence-corrected chi connectivity index (χ0v) is 11.8. The van der Waals surface area contributed by atoms with Gasteiger partial charge in [-0.05, 0) is 33.0 Å². The van der Waals surface area contributed by atoms with E-state index in [4.69, 9.17) is 11.6 Å². The quantitative estimate of drug-likeness (QED) is 0.482. The Labute approximate surface area is 118 Å². The molecule has 0 saturated carbocycles. The molecule has 0 fully saturated rings. The Balaban J connectivity index is 2.17. The van der Waals surface area contributed by atoms with Gasteiger partial charge in [0.05, 0.1) is 20.5 Å². The molecule has 0 N–H and O–H groups in total. The number of Topliss-reactive ketones (excluding diaryl/α,β-unsaturated/α-hetero) is 1. The van der Waals surface area contributed by atoms with Crippen molar-refractivity contribution in [3.8, 4) is 0 Å². The second-order valence-electron chi connectivity index (χ2n) is 3.28. The van der Waals surface area contributed by atoms with E-state index >= 15 is 0 Å². The lowest BCUT2D eigenvalue weighted by Crippen LogP contribution is -2.09. The number of nitro groups is 1. The van der Waals surface area contributed by atoms with Gasteiger partial charge in [-0.3, -0.25) is 4.79 Å². The molecule has 9 heteroatoms. The van der Waals surface area contributed by atoms with E-state index in [9.17, 15) is 14.9 Å². The normalized spacial score (nSPS) is 10.6. The molecule has 2 aromatic heterocycles. The minimum absolute atomic E-state index is 0.0662. The summed E-state index contributed by atoms with van der Waals surface area (Å²) in [5.41, 5.74) is 0. The molecule has 6 nitrogen and oxygen atoms in total. The third kappa shape index (κ3) is 2.77. The zero-order chi connectivity index (χ0) is 13.3. The summed E-state index contributed by atoms with van der Waals surface area (Å²) in [6.45, 7) is -0.0662. The minimum Gasteiger partial charge on any atom is -0.358 e. The standard InChI is InChI=1S/C9H5BrClN3O3S/c10-5-3-13(12-9(5)14(16)17)4-6(15)7-1-2-8(11)18-7/h1-3H,4H2. The maximum atomic E-state index is 11.8. The lowest BCUT2D eigenvalue weighted by Gasteiger charge is -1.93. The highest BCUT2D eigenvalue weighted by atomic mass is 79.9. The number of hydrogen-bond donors (Lipinski definition) is 0. The molecule has 18 heavy (non-hydrogen) atoms. The Morgan fingerprint density at radius 2 is 2.33 bits per heavy atom. The number of nitrogens with zero attached hydrogens (tertiary/aromatic N) is 3. The Kier molecular flexibility index (Phi) is 3.79. The number of ketones is 1. The van der Waals surface area contributed by atoms with Crippen LogP contribution in [-0.4, -0.2) is 20.5 Å². The maximum absolute atomic E-state index is 11.8. The summed E-state index contributed by atoms with van der Waals surface area (Å²) in [6, 6.07) is 3.24. The van der Waals surface area contributed by atoms with E-state index in [1.165, 1.54) is 10.9 Å². The van der Waals surface area contributed by atoms with Crippen LogP contribution in [0.3, 0.4) is 0 Å². The van der Waals surface area contributed by atoms with Crippen molar-refractivity contribution in [1.82, 2.24) is 9.78 Å². The predicted molar refractivity (Wildman–Crippen MR) is 70.2 cm³/mol. The van der Waals surface area contributed by atoms with Gasteiger partial charge in [-0.2, -0.15) is 4.68 Å². The van der Waals surface area contributed by atoms with Crippen LogP contribution < -0.4 is 0 Å². The van der Waals surface area contributed by atoms with E-state index in [1.54, 1.807) is 12.1 Å². The first-order valence-corrected chi connectivity index (χ1v) is 6.62. The predicted octanol–water partition coefficient (Wildman–Crippen LogP) is 3.15. The molecule has 2 aromatic rings. The molecule has 94 valence electrons.